The molecule has 2 aliphatic rings. The van der Waals surface area contributed by atoms with Crippen LogP contribution < -0.4 is 10.2 Å². The number of hydrogen-bond donors (Lipinski definition) is 1. The molecule has 31 heavy (non-hydrogen) atoms. The van der Waals surface area contributed by atoms with Crippen LogP contribution in [0.4, 0.5) is 0 Å². The number of methoxy groups -OCH3 is 1. The maximum absolute atomic E-state index is 13.1. The van der Waals surface area contributed by atoms with Crippen LogP contribution in [0.25, 0.3) is 11.4 Å². The van der Waals surface area contributed by atoms with Gasteiger partial charge in [0, 0.05) is 23.0 Å². The van der Waals surface area contributed by atoms with E-state index in [1.54, 1.807) is 18.2 Å². The van der Waals surface area contributed by atoms with Crippen molar-refractivity contribution in [2.24, 2.45) is 0 Å². The number of benzene rings is 2. The Morgan fingerprint density at radius 2 is 1.94 bits per heavy atom. The van der Waals surface area contributed by atoms with E-state index >= 15 is 0 Å². The molecule has 2 aromatic carbocycles. The van der Waals surface area contributed by atoms with Crippen LogP contribution >= 0.6 is 11.6 Å². The minimum Gasteiger partial charge on any atom is -0.497 e. The van der Waals surface area contributed by atoms with E-state index in [-0.39, 0.29) is 24.5 Å². The maximum Gasteiger partial charge on any atom is 0.251 e. The first-order chi connectivity index (χ1) is 15.1. The number of carbonyl (C=O) groups excluding carboxylic acids is 1. The van der Waals surface area contributed by atoms with Crippen molar-refractivity contribution in [1.29, 1.82) is 0 Å². The second kappa shape index (κ2) is 8.05. The zero-order chi connectivity index (χ0) is 21.4. The molecule has 1 fully saturated rings. The van der Waals surface area contributed by atoms with E-state index in [4.69, 9.17) is 20.9 Å². The fourth-order valence-corrected chi connectivity index (χ4v) is 3.93. The molecule has 158 valence electrons. The highest BCUT2D eigenvalue weighted by atomic mass is 35.5. The van der Waals surface area contributed by atoms with Gasteiger partial charge in [-0.15, -0.1) is 0 Å². The molecular formula is C22H20ClN5O3. The van der Waals surface area contributed by atoms with E-state index in [2.05, 4.69) is 15.6 Å². The lowest BCUT2D eigenvalue weighted by Crippen LogP contribution is -2.47. The molecule has 2 unspecified atom stereocenters. The van der Waals surface area contributed by atoms with Gasteiger partial charge < -0.3 is 19.2 Å². The molecular weight excluding hydrogens is 418 g/mol. The minimum atomic E-state index is -0.297. The Hall–Kier alpha value is -3.36. The van der Waals surface area contributed by atoms with Crippen LogP contribution in [-0.4, -0.2) is 39.1 Å². The topological polar surface area (TPSA) is 83.7 Å². The molecule has 1 aromatic heterocycles. The molecule has 1 amide bonds. The van der Waals surface area contributed by atoms with Crippen LogP contribution in [0.1, 0.15) is 23.9 Å². The fraction of sp³-hybridized carbons (Fsp3) is 0.227. The highest BCUT2D eigenvalue weighted by molar-refractivity contribution is 6.30. The number of hydrazine groups is 1. The number of fused-ring (bicyclic) bond motifs is 1. The van der Waals surface area contributed by atoms with Crippen LogP contribution in [0.5, 0.6) is 5.75 Å². The molecule has 2 atom stereocenters. The molecule has 3 aromatic rings. The molecule has 3 heterocycles. The van der Waals surface area contributed by atoms with Crippen molar-refractivity contribution in [3.63, 3.8) is 0 Å². The zero-order valence-corrected chi connectivity index (χ0v) is 17.5. The summed E-state index contributed by atoms with van der Waals surface area (Å²) < 4.78 is 10.5. The summed E-state index contributed by atoms with van der Waals surface area (Å²) in [6, 6.07) is 14.8. The lowest BCUT2D eigenvalue weighted by Gasteiger charge is -2.30. The molecule has 0 aliphatic carbocycles. The number of halogens is 1. The largest absolute Gasteiger partial charge is 0.497 e. The average Bonchev–Trinajstić information content (AvgIpc) is 3.44. The van der Waals surface area contributed by atoms with Gasteiger partial charge in [-0.2, -0.15) is 4.98 Å². The van der Waals surface area contributed by atoms with Gasteiger partial charge >= 0.3 is 0 Å². The molecule has 8 nitrogen and oxygen atoms in total. The van der Waals surface area contributed by atoms with Crippen molar-refractivity contribution >= 4 is 17.5 Å². The predicted octanol–water partition coefficient (Wildman–Crippen LogP) is 3.53. The summed E-state index contributed by atoms with van der Waals surface area (Å²) in [4.78, 5) is 19.1. The molecule has 5 rings (SSSR count). The Morgan fingerprint density at radius 3 is 2.68 bits per heavy atom. The van der Waals surface area contributed by atoms with Crippen LogP contribution in [0.3, 0.4) is 0 Å². The Bertz CT molecular complexity index is 1110. The summed E-state index contributed by atoms with van der Waals surface area (Å²) in [5.41, 5.74) is 5.28. The first-order valence-corrected chi connectivity index (χ1v) is 10.2. The quantitative estimate of drug-likeness (QED) is 0.653. The second-order valence-electron chi connectivity index (χ2n) is 7.40. The highest BCUT2D eigenvalue weighted by Crippen LogP contribution is 2.31. The summed E-state index contributed by atoms with van der Waals surface area (Å²) in [6.07, 6.45) is 4.25. The van der Waals surface area contributed by atoms with Gasteiger partial charge in [-0.25, -0.2) is 5.43 Å². The van der Waals surface area contributed by atoms with Crippen LogP contribution in [0.15, 0.2) is 65.5 Å². The molecule has 9 heteroatoms. The molecule has 2 aliphatic heterocycles. The van der Waals surface area contributed by atoms with E-state index in [1.165, 1.54) is 0 Å². The fourth-order valence-electron chi connectivity index (χ4n) is 3.80. The Balaban J connectivity index is 1.27. The van der Waals surface area contributed by atoms with Crippen molar-refractivity contribution in [3.8, 4) is 17.1 Å². The van der Waals surface area contributed by atoms with Gasteiger partial charge in [-0.3, -0.25) is 4.79 Å². The lowest BCUT2D eigenvalue weighted by molar-refractivity contribution is -0.135. The molecule has 1 N–H and O–H groups in total. The molecule has 0 spiro atoms. The Kier molecular flexibility index (Phi) is 5.09. The van der Waals surface area contributed by atoms with Gasteiger partial charge in [0.15, 0.2) is 0 Å². The Labute approximate surface area is 184 Å². The van der Waals surface area contributed by atoms with Crippen LogP contribution in [0, 0.1) is 0 Å². The smallest absolute Gasteiger partial charge is 0.251 e. The first kappa shape index (κ1) is 19.6. The van der Waals surface area contributed by atoms with E-state index in [1.807, 2.05) is 59.7 Å². The minimum absolute atomic E-state index is 0.0179. The molecule has 0 bridgehead atoms. The van der Waals surface area contributed by atoms with E-state index in [0.717, 1.165) is 16.9 Å². The highest BCUT2D eigenvalue weighted by Gasteiger charge is 2.40. The average molecular weight is 438 g/mol. The van der Waals surface area contributed by atoms with Crippen molar-refractivity contribution in [2.45, 2.75) is 25.0 Å². The summed E-state index contributed by atoms with van der Waals surface area (Å²) >= 11 is 5.99. The van der Waals surface area contributed by atoms with Crippen LogP contribution in [0.2, 0.25) is 5.02 Å². The second-order valence-corrected chi connectivity index (χ2v) is 7.83. The normalized spacial score (nSPS) is 20.3. The van der Waals surface area contributed by atoms with Gasteiger partial charge in [0.2, 0.25) is 11.7 Å². The van der Waals surface area contributed by atoms with E-state index < -0.39 is 0 Å². The third-order valence-corrected chi connectivity index (χ3v) is 5.72. The number of hydrogen-bond acceptors (Lipinski definition) is 7. The van der Waals surface area contributed by atoms with Crippen LogP contribution in [-0.2, 0) is 11.3 Å². The lowest BCUT2D eigenvalue weighted by atomic mass is 10.0. The van der Waals surface area contributed by atoms with Crippen molar-refractivity contribution in [2.75, 3.05) is 7.11 Å². The number of aromatic nitrogens is 2. The number of carbonyl (C=O) groups is 1. The van der Waals surface area contributed by atoms with E-state index in [9.17, 15) is 4.79 Å². The summed E-state index contributed by atoms with van der Waals surface area (Å²) in [6.45, 7) is 0.217. The van der Waals surface area contributed by atoms with Crippen molar-refractivity contribution < 1.29 is 14.1 Å². The number of amides is 1. The number of nitrogens with one attached hydrogen (secondary N) is 1. The van der Waals surface area contributed by atoms with Crippen molar-refractivity contribution in [3.05, 3.63) is 77.4 Å². The predicted molar refractivity (Wildman–Crippen MR) is 114 cm³/mol. The summed E-state index contributed by atoms with van der Waals surface area (Å²) in [7, 11) is 1.61. The molecule has 0 radical (unpaired) electrons. The summed E-state index contributed by atoms with van der Waals surface area (Å²) in [5.74, 6) is 1.58. The Morgan fingerprint density at radius 1 is 1.16 bits per heavy atom. The third kappa shape index (κ3) is 3.87. The number of ether oxygens (including phenoxy) is 1. The first-order valence-electron chi connectivity index (χ1n) is 9.86. The zero-order valence-electron chi connectivity index (χ0n) is 16.7. The van der Waals surface area contributed by atoms with Gasteiger partial charge in [0.25, 0.3) is 5.91 Å². The van der Waals surface area contributed by atoms with Gasteiger partial charge in [0.05, 0.1) is 13.2 Å². The SMILES string of the molecule is COc1ccc(-c2noc(CN3C=CN4NC(c5ccc(Cl)cc5)CC4C3=O)n2)cc1. The third-order valence-electron chi connectivity index (χ3n) is 5.47. The molecule has 0 saturated carbocycles. The van der Waals surface area contributed by atoms with Gasteiger partial charge in [-0.1, -0.05) is 28.9 Å². The molecule has 1 saturated heterocycles. The summed E-state index contributed by atoms with van der Waals surface area (Å²) in [5, 5.41) is 6.58. The monoisotopic (exact) mass is 437 g/mol. The van der Waals surface area contributed by atoms with E-state index in [0.29, 0.717) is 23.2 Å². The van der Waals surface area contributed by atoms with Gasteiger partial charge in [-0.05, 0) is 48.4 Å². The number of nitrogens with zero attached hydrogens (tertiary/aromatic N) is 4. The maximum atomic E-state index is 13.1. The number of rotatable bonds is 5. The standard InChI is InChI=1S/C22H20ClN5O3/c1-30-17-8-4-15(5-9-17)21-24-20(31-26-21)13-27-10-11-28-19(22(27)29)12-18(25-28)14-2-6-16(23)7-3-14/h2-11,18-19,25H,12-13H2,1H3. The van der Waals surface area contributed by atoms with Crippen molar-refractivity contribution in [1.82, 2.24) is 25.5 Å². The van der Waals surface area contributed by atoms with Gasteiger partial charge in [0.1, 0.15) is 18.3 Å².